The second kappa shape index (κ2) is 10.4. The number of ether oxygens (including phenoxy) is 2. The molecule has 3 aromatic carbocycles. The highest BCUT2D eigenvalue weighted by atomic mass is 16.5. The smallest absolute Gasteiger partial charge is 0.259 e. The highest BCUT2D eigenvalue weighted by Crippen LogP contribution is 2.31. The van der Waals surface area contributed by atoms with Crippen molar-refractivity contribution in [2.24, 2.45) is 0 Å². The van der Waals surface area contributed by atoms with Crippen LogP contribution in [0, 0.1) is 6.92 Å². The first-order valence-corrected chi connectivity index (χ1v) is 10.6. The van der Waals surface area contributed by atoms with E-state index in [0.29, 0.717) is 34.5 Å². The Morgan fingerprint density at radius 1 is 0.765 bits per heavy atom. The molecule has 172 valence electrons. The number of nitrogens with one attached hydrogen (secondary N) is 3. The van der Waals surface area contributed by atoms with E-state index in [1.165, 1.54) is 14.2 Å². The molecule has 0 aliphatic heterocycles. The first-order valence-electron chi connectivity index (χ1n) is 10.6. The standard InChI is InChI=1S/C26H25N5O3/c1-17-16-23(28-18-8-5-4-6-9-18)31-26(27-17)30-20-14-12-19(13-15-20)29-25(32)21-10-7-11-22(33-2)24(21)34-3/h4-16H,1-3H3,(H,29,32)(H2,27,28,30,31). The van der Waals surface area contributed by atoms with Gasteiger partial charge in [0.25, 0.3) is 5.91 Å². The van der Waals surface area contributed by atoms with E-state index in [1.54, 1.807) is 30.3 Å². The number of nitrogens with zero attached hydrogens (tertiary/aromatic N) is 2. The van der Waals surface area contributed by atoms with Crippen LogP contribution in [0.2, 0.25) is 0 Å². The molecule has 1 aromatic heterocycles. The zero-order valence-electron chi connectivity index (χ0n) is 19.1. The molecule has 0 radical (unpaired) electrons. The van der Waals surface area contributed by atoms with Crippen LogP contribution in [0.3, 0.4) is 0 Å². The fourth-order valence-electron chi connectivity index (χ4n) is 3.39. The first-order chi connectivity index (χ1) is 16.6. The maximum atomic E-state index is 12.8. The lowest BCUT2D eigenvalue weighted by atomic mass is 10.1. The number of anilines is 5. The monoisotopic (exact) mass is 455 g/mol. The van der Waals surface area contributed by atoms with Crippen LogP contribution >= 0.6 is 0 Å². The molecule has 3 N–H and O–H groups in total. The molecule has 1 heterocycles. The largest absolute Gasteiger partial charge is 0.493 e. The number of aromatic nitrogens is 2. The molecular weight excluding hydrogens is 430 g/mol. The molecule has 4 rings (SSSR count). The van der Waals surface area contributed by atoms with Gasteiger partial charge in [-0.3, -0.25) is 4.79 Å². The quantitative estimate of drug-likeness (QED) is 0.321. The van der Waals surface area contributed by atoms with Crippen LogP contribution in [0.4, 0.5) is 28.8 Å². The number of amides is 1. The van der Waals surface area contributed by atoms with Crippen LogP contribution in [0.1, 0.15) is 16.1 Å². The summed E-state index contributed by atoms with van der Waals surface area (Å²) in [5, 5.41) is 9.36. The number of methoxy groups -OCH3 is 2. The topological polar surface area (TPSA) is 97.4 Å². The Bertz CT molecular complexity index is 1280. The lowest BCUT2D eigenvalue weighted by molar-refractivity contribution is 0.102. The summed E-state index contributed by atoms with van der Waals surface area (Å²) in [6.45, 7) is 1.91. The van der Waals surface area contributed by atoms with Crippen molar-refractivity contribution in [1.82, 2.24) is 9.97 Å². The van der Waals surface area contributed by atoms with E-state index >= 15 is 0 Å². The number of hydrogen-bond donors (Lipinski definition) is 3. The summed E-state index contributed by atoms with van der Waals surface area (Å²) in [6.07, 6.45) is 0. The molecule has 8 heteroatoms. The maximum absolute atomic E-state index is 12.8. The Hall–Kier alpha value is -4.59. The minimum atomic E-state index is -0.296. The van der Waals surface area contributed by atoms with Crippen LogP contribution in [-0.4, -0.2) is 30.1 Å². The number of carbonyl (C=O) groups excluding carboxylic acids is 1. The summed E-state index contributed by atoms with van der Waals surface area (Å²) in [4.78, 5) is 21.8. The van der Waals surface area contributed by atoms with Crippen LogP contribution in [-0.2, 0) is 0 Å². The van der Waals surface area contributed by atoms with Crippen molar-refractivity contribution in [1.29, 1.82) is 0 Å². The molecule has 0 aliphatic rings. The molecule has 4 aromatic rings. The zero-order valence-corrected chi connectivity index (χ0v) is 19.1. The van der Waals surface area contributed by atoms with Gasteiger partial charge in [-0.05, 0) is 55.5 Å². The average molecular weight is 456 g/mol. The molecule has 0 saturated heterocycles. The third kappa shape index (κ3) is 5.42. The lowest BCUT2D eigenvalue weighted by Gasteiger charge is -2.13. The fourth-order valence-corrected chi connectivity index (χ4v) is 3.39. The van der Waals surface area contributed by atoms with Crippen molar-refractivity contribution < 1.29 is 14.3 Å². The van der Waals surface area contributed by atoms with Gasteiger partial charge in [0.1, 0.15) is 5.82 Å². The molecule has 0 aliphatic carbocycles. The third-order valence-corrected chi connectivity index (χ3v) is 4.95. The Balaban J connectivity index is 1.45. The van der Waals surface area contributed by atoms with Gasteiger partial charge in [-0.25, -0.2) is 4.98 Å². The van der Waals surface area contributed by atoms with Crippen molar-refractivity contribution in [3.8, 4) is 11.5 Å². The van der Waals surface area contributed by atoms with Gasteiger partial charge in [-0.1, -0.05) is 24.3 Å². The van der Waals surface area contributed by atoms with Gasteiger partial charge in [-0.2, -0.15) is 4.98 Å². The number of hydrogen-bond acceptors (Lipinski definition) is 7. The van der Waals surface area contributed by atoms with Gasteiger partial charge >= 0.3 is 0 Å². The number of aryl methyl sites for hydroxylation is 1. The third-order valence-electron chi connectivity index (χ3n) is 4.95. The predicted octanol–water partition coefficient (Wildman–Crippen LogP) is 5.54. The Morgan fingerprint density at radius 2 is 1.47 bits per heavy atom. The molecule has 1 amide bonds. The SMILES string of the molecule is COc1cccc(C(=O)Nc2ccc(Nc3nc(C)cc(Nc4ccccc4)n3)cc2)c1OC. The number of para-hydroxylation sites is 2. The van der Waals surface area contributed by atoms with E-state index in [1.807, 2.05) is 55.5 Å². The van der Waals surface area contributed by atoms with E-state index in [2.05, 4.69) is 25.9 Å². The summed E-state index contributed by atoms with van der Waals surface area (Å²) in [6, 6.07) is 24.1. The van der Waals surface area contributed by atoms with Gasteiger partial charge in [0, 0.05) is 28.8 Å². The number of carbonyl (C=O) groups is 1. The van der Waals surface area contributed by atoms with Crippen LogP contribution in [0.25, 0.3) is 0 Å². The van der Waals surface area contributed by atoms with Crippen LogP contribution in [0.5, 0.6) is 11.5 Å². The summed E-state index contributed by atoms with van der Waals surface area (Å²) in [7, 11) is 3.03. The number of benzene rings is 3. The summed E-state index contributed by atoms with van der Waals surface area (Å²) < 4.78 is 10.6. The van der Waals surface area contributed by atoms with Gasteiger partial charge in [0.15, 0.2) is 11.5 Å². The first kappa shape index (κ1) is 22.6. The highest BCUT2D eigenvalue weighted by Gasteiger charge is 2.16. The van der Waals surface area contributed by atoms with Crippen LogP contribution in [0.15, 0.2) is 78.9 Å². The minimum Gasteiger partial charge on any atom is -0.493 e. The van der Waals surface area contributed by atoms with Crippen molar-refractivity contribution in [3.63, 3.8) is 0 Å². The van der Waals surface area contributed by atoms with E-state index in [0.717, 1.165) is 17.1 Å². The van der Waals surface area contributed by atoms with Gasteiger partial charge < -0.3 is 25.4 Å². The average Bonchev–Trinajstić information content (AvgIpc) is 2.85. The molecule has 0 fully saturated rings. The van der Waals surface area contributed by atoms with E-state index in [4.69, 9.17) is 9.47 Å². The molecule has 0 unspecified atom stereocenters. The second-order valence-electron chi connectivity index (χ2n) is 7.41. The second-order valence-corrected chi connectivity index (χ2v) is 7.41. The molecule has 0 saturated carbocycles. The lowest BCUT2D eigenvalue weighted by Crippen LogP contribution is -2.13. The molecule has 34 heavy (non-hydrogen) atoms. The van der Waals surface area contributed by atoms with Crippen molar-refractivity contribution in [2.75, 3.05) is 30.2 Å². The Labute approximate surface area is 198 Å². The fraction of sp³-hybridized carbons (Fsp3) is 0.115. The molecular formula is C26H25N5O3. The molecule has 8 nitrogen and oxygen atoms in total. The minimum absolute atomic E-state index is 0.296. The summed E-state index contributed by atoms with van der Waals surface area (Å²) >= 11 is 0. The number of rotatable bonds is 8. The summed E-state index contributed by atoms with van der Waals surface area (Å²) in [5.41, 5.74) is 3.58. The van der Waals surface area contributed by atoms with Crippen molar-refractivity contribution >= 4 is 34.7 Å². The maximum Gasteiger partial charge on any atom is 0.259 e. The van der Waals surface area contributed by atoms with E-state index in [9.17, 15) is 4.79 Å². The van der Waals surface area contributed by atoms with Crippen molar-refractivity contribution in [3.05, 3.63) is 90.1 Å². The van der Waals surface area contributed by atoms with Gasteiger partial charge in [0.2, 0.25) is 5.95 Å². The Kier molecular flexibility index (Phi) is 6.88. The van der Waals surface area contributed by atoms with Crippen molar-refractivity contribution in [2.45, 2.75) is 6.92 Å². The molecule has 0 atom stereocenters. The van der Waals surface area contributed by atoms with Gasteiger partial charge in [0.05, 0.1) is 19.8 Å². The van der Waals surface area contributed by atoms with Gasteiger partial charge in [-0.15, -0.1) is 0 Å². The predicted molar refractivity (Wildman–Crippen MR) is 134 cm³/mol. The zero-order chi connectivity index (χ0) is 23.9. The molecule has 0 bridgehead atoms. The normalized spacial score (nSPS) is 10.3. The summed E-state index contributed by atoms with van der Waals surface area (Å²) in [5.74, 6) is 1.75. The molecule has 0 spiro atoms. The van der Waals surface area contributed by atoms with E-state index < -0.39 is 0 Å². The van der Waals surface area contributed by atoms with Crippen LogP contribution < -0.4 is 25.4 Å². The Morgan fingerprint density at radius 3 is 2.18 bits per heavy atom. The highest BCUT2D eigenvalue weighted by molar-refractivity contribution is 6.06. The van der Waals surface area contributed by atoms with E-state index in [-0.39, 0.29) is 5.91 Å².